The lowest BCUT2D eigenvalue weighted by Gasteiger charge is -2.30. The van der Waals surface area contributed by atoms with Crippen molar-refractivity contribution in [1.29, 1.82) is 0 Å². The van der Waals surface area contributed by atoms with Gasteiger partial charge < -0.3 is 18.9 Å². The number of methoxy groups -OCH3 is 3. The van der Waals surface area contributed by atoms with Crippen LogP contribution in [-0.2, 0) is 35.6 Å². The van der Waals surface area contributed by atoms with Crippen LogP contribution in [0, 0.1) is 0 Å². The zero-order valence-electron chi connectivity index (χ0n) is 16.4. The average Bonchev–Trinajstić information content (AvgIpc) is 3.17. The number of anilines is 1. The molecule has 4 rings (SSSR count). The van der Waals surface area contributed by atoms with Crippen LogP contribution in [0.25, 0.3) is 0 Å². The third-order valence-electron chi connectivity index (χ3n) is 5.44. The van der Waals surface area contributed by atoms with Crippen LogP contribution in [0.5, 0.6) is 0 Å². The summed E-state index contributed by atoms with van der Waals surface area (Å²) in [5.74, 6) is -0.525. The number of hydrogen-bond acceptors (Lipinski definition) is 6. The minimum absolute atomic E-state index is 0.0648. The number of nitrogens with zero attached hydrogens (tertiary/aromatic N) is 1. The van der Waals surface area contributed by atoms with Gasteiger partial charge in [0.15, 0.2) is 6.23 Å². The van der Waals surface area contributed by atoms with Gasteiger partial charge in [-0.2, -0.15) is 0 Å². The highest BCUT2D eigenvalue weighted by Crippen LogP contribution is 2.56. The lowest BCUT2D eigenvalue weighted by Crippen LogP contribution is -2.47. The van der Waals surface area contributed by atoms with Crippen molar-refractivity contribution >= 4 is 17.7 Å². The molecule has 0 bridgehead atoms. The summed E-state index contributed by atoms with van der Waals surface area (Å²) in [7, 11) is 4.16. The van der Waals surface area contributed by atoms with Gasteiger partial charge in [-0.15, -0.1) is 0 Å². The third-order valence-corrected chi connectivity index (χ3v) is 5.44. The predicted octanol–water partition coefficient (Wildman–Crippen LogP) is 3.14. The molecule has 2 unspecified atom stereocenters. The van der Waals surface area contributed by atoms with Gasteiger partial charge in [-0.1, -0.05) is 48.5 Å². The number of para-hydroxylation sites is 1. The monoisotopic (exact) mass is 395 g/mol. The highest BCUT2D eigenvalue weighted by atomic mass is 16.7. The first-order valence-corrected chi connectivity index (χ1v) is 9.12. The molecule has 0 aromatic heterocycles. The Bertz CT molecular complexity index is 980. The molecular formula is C22H21NO6. The van der Waals surface area contributed by atoms with E-state index in [1.165, 1.54) is 26.2 Å². The van der Waals surface area contributed by atoms with E-state index in [1.807, 2.05) is 54.6 Å². The standard InChI is InChI=1S/C22H21NO6/c1-26-19(27-2)17-18(24)29-20-22(17,13-14-9-5-4-6-10-14)15-11-7-8-12-16(15)23(20)21(25)28-3/h4-12,20H,13H2,1-3H3. The molecule has 1 amide bonds. The smallest absolute Gasteiger partial charge is 0.417 e. The highest BCUT2D eigenvalue weighted by Gasteiger charge is 2.65. The molecular weight excluding hydrogens is 374 g/mol. The first kappa shape index (κ1) is 18.9. The fraction of sp³-hybridized carbons (Fsp3) is 0.273. The lowest BCUT2D eigenvalue weighted by molar-refractivity contribution is -0.139. The molecule has 1 saturated heterocycles. The molecule has 2 aromatic rings. The molecule has 2 atom stereocenters. The second-order valence-corrected chi connectivity index (χ2v) is 6.82. The Morgan fingerprint density at radius 1 is 1.00 bits per heavy atom. The summed E-state index contributed by atoms with van der Waals surface area (Å²) in [5, 5.41) is 0. The van der Waals surface area contributed by atoms with Gasteiger partial charge in [-0.05, 0) is 23.6 Å². The molecule has 7 nitrogen and oxygen atoms in total. The van der Waals surface area contributed by atoms with E-state index in [0.29, 0.717) is 12.1 Å². The fourth-order valence-electron chi connectivity index (χ4n) is 4.33. The molecule has 29 heavy (non-hydrogen) atoms. The van der Waals surface area contributed by atoms with Crippen molar-refractivity contribution in [2.24, 2.45) is 0 Å². The summed E-state index contributed by atoms with van der Waals surface area (Å²) in [4.78, 5) is 27.0. The molecule has 2 heterocycles. The quantitative estimate of drug-likeness (QED) is 0.450. The van der Waals surface area contributed by atoms with Crippen molar-refractivity contribution < 1.29 is 28.5 Å². The van der Waals surface area contributed by atoms with Crippen molar-refractivity contribution in [2.45, 2.75) is 18.1 Å². The number of fused-ring (bicyclic) bond motifs is 3. The Labute approximate surface area is 168 Å². The van der Waals surface area contributed by atoms with E-state index < -0.39 is 23.7 Å². The van der Waals surface area contributed by atoms with E-state index in [4.69, 9.17) is 18.9 Å². The molecule has 1 fully saturated rings. The zero-order chi connectivity index (χ0) is 20.6. The Kier molecular flexibility index (Phi) is 4.66. The molecule has 2 aliphatic heterocycles. The first-order chi connectivity index (χ1) is 14.1. The van der Waals surface area contributed by atoms with Crippen LogP contribution < -0.4 is 4.90 Å². The number of ether oxygens (including phenoxy) is 4. The molecule has 0 spiro atoms. The first-order valence-electron chi connectivity index (χ1n) is 9.12. The molecule has 2 aromatic carbocycles. The molecule has 7 heteroatoms. The van der Waals surface area contributed by atoms with E-state index in [9.17, 15) is 9.59 Å². The average molecular weight is 395 g/mol. The zero-order valence-corrected chi connectivity index (χ0v) is 16.4. The second-order valence-electron chi connectivity index (χ2n) is 6.82. The lowest BCUT2D eigenvalue weighted by atomic mass is 9.71. The topological polar surface area (TPSA) is 74.3 Å². The van der Waals surface area contributed by atoms with E-state index in [0.717, 1.165) is 11.1 Å². The van der Waals surface area contributed by atoms with Crippen LogP contribution in [0.1, 0.15) is 11.1 Å². The van der Waals surface area contributed by atoms with Crippen molar-refractivity contribution in [3.63, 3.8) is 0 Å². The molecule has 150 valence electrons. The maximum Gasteiger partial charge on any atom is 0.417 e. The van der Waals surface area contributed by atoms with Crippen molar-refractivity contribution in [3.8, 4) is 0 Å². The maximum atomic E-state index is 13.0. The summed E-state index contributed by atoms with van der Waals surface area (Å²) >= 11 is 0. The van der Waals surface area contributed by atoms with Crippen LogP contribution in [-0.4, -0.2) is 39.6 Å². The van der Waals surface area contributed by atoms with Gasteiger partial charge in [0.1, 0.15) is 5.57 Å². The minimum atomic E-state index is -1.01. The van der Waals surface area contributed by atoms with Crippen LogP contribution in [0.4, 0.5) is 10.5 Å². The SMILES string of the molecule is COC(=O)N1c2ccccc2C2(Cc3ccccc3)C(=C(OC)OC)C(=O)OC12. The summed E-state index contributed by atoms with van der Waals surface area (Å²) in [6.07, 6.45) is -1.13. The van der Waals surface area contributed by atoms with Gasteiger partial charge in [0.2, 0.25) is 0 Å². The Hall–Kier alpha value is -3.48. The number of rotatable bonds is 4. The minimum Gasteiger partial charge on any atom is -0.468 e. The van der Waals surface area contributed by atoms with Gasteiger partial charge in [-0.25, -0.2) is 14.5 Å². The number of carbonyl (C=O) groups is 2. The summed E-state index contributed by atoms with van der Waals surface area (Å²) in [6.45, 7) is 0. The third kappa shape index (κ3) is 2.65. The van der Waals surface area contributed by atoms with E-state index in [-0.39, 0.29) is 11.5 Å². The van der Waals surface area contributed by atoms with Crippen LogP contribution in [0.15, 0.2) is 66.1 Å². The van der Waals surface area contributed by atoms with Gasteiger partial charge in [0.25, 0.3) is 5.95 Å². The summed E-state index contributed by atoms with van der Waals surface area (Å²) < 4.78 is 21.5. The van der Waals surface area contributed by atoms with Crippen LogP contribution in [0.2, 0.25) is 0 Å². The van der Waals surface area contributed by atoms with E-state index in [2.05, 4.69) is 0 Å². The summed E-state index contributed by atoms with van der Waals surface area (Å²) in [5.41, 5.74) is 1.60. The van der Waals surface area contributed by atoms with Gasteiger partial charge in [-0.3, -0.25) is 0 Å². The molecule has 0 saturated carbocycles. The Morgan fingerprint density at radius 3 is 2.31 bits per heavy atom. The number of carbonyl (C=O) groups excluding carboxylic acids is 2. The van der Waals surface area contributed by atoms with E-state index in [1.54, 1.807) is 0 Å². The number of esters is 1. The van der Waals surface area contributed by atoms with E-state index >= 15 is 0 Å². The van der Waals surface area contributed by atoms with Gasteiger partial charge in [0.05, 0.1) is 32.4 Å². The Balaban J connectivity index is 2.03. The van der Waals surface area contributed by atoms with Crippen LogP contribution >= 0.6 is 0 Å². The summed E-state index contributed by atoms with van der Waals surface area (Å²) in [6, 6.07) is 17.1. The Morgan fingerprint density at radius 2 is 1.66 bits per heavy atom. The van der Waals surface area contributed by atoms with Crippen molar-refractivity contribution in [1.82, 2.24) is 0 Å². The highest BCUT2D eigenvalue weighted by molar-refractivity contribution is 6.02. The molecule has 0 aliphatic carbocycles. The fourth-order valence-corrected chi connectivity index (χ4v) is 4.33. The molecule has 0 radical (unpaired) electrons. The van der Waals surface area contributed by atoms with Crippen LogP contribution in [0.3, 0.4) is 0 Å². The predicted molar refractivity (Wildman–Crippen MR) is 104 cm³/mol. The van der Waals surface area contributed by atoms with Crippen molar-refractivity contribution in [2.75, 3.05) is 26.2 Å². The number of amides is 1. The maximum absolute atomic E-state index is 13.0. The van der Waals surface area contributed by atoms with Crippen molar-refractivity contribution in [3.05, 3.63) is 77.2 Å². The number of benzene rings is 2. The second kappa shape index (κ2) is 7.16. The van der Waals surface area contributed by atoms with Gasteiger partial charge >= 0.3 is 12.1 Å². The largest absolute Gasteiger partial charge is 0.468 e. The van der Waals surface area contributed by atoms with Gasteiger partial charge in [0, 0.05) is 0 Å². The normalized spacial score (nSPS) is 21.9. The molecule has 0 N–H and O–H groups in total. The molecule has 2 aliphatic rings. The number of hydrogen-bond donors (Lipinski definition) is 0.